The standard InChI is InChI=1S/C22H21N3O7S/c1-31-18-11-14(25(29)30)5-7-16(18)17-8-6-15(32-17)12-19-21(27)24(22(28)33-19)13-20(26)23-9-3-2-4-10-23/h5-8,11-12H,2-4,9-10,13H2,1H3/b19-12-. The maximum absolute atomic E-state index is 12.7. The van der Waals surface area contributed by atoms with Gasteiger partial charge in [0.15, 0.2) is 0 Å². The van der Waals surface area contributed by atoms with Crippen LogP contribution in [0.1, 0.15) is 25.0 Å². The lowest BCUT2D eigenvalue weighted by Crippen LogP contribution is -2.44. The molecule has 33 heavy (non-hydrogen) atoms. The second-order valence-electron chi connectivity index (χ2n) is 7.55. The first kappa shape index (κ1) is 22.6. The number of ether oxygens (including phenoxy) is 1. The number of benzene rings is 1. The van der Waals surface area contributed by atoms with E-state index in [1.807, 2.05) is 0 Å². The molecule has 3 heterocycles. The molecule has 172 valence electrons. The second kappa shape index (κ2) is 9.49. The van der Waals surface area contributed by atoms with Gasteiger partial charge in [-0.1, -0.05) is 0 Å². The number of likely N-dealkylation sites (tertiary alicyclic amines) is 1. The summed E-state index contributed by atoms with van der Waals surface area (Å²) < 4.78 is 11.0. The number of carbonyl (C=O) groups is 3. The fraction of sp³-hybridized carbons (Fsp3) is 0.318. The molecule has 0 saturated carbocycles. The number of hydrogen-bond donors (Lipinski definition) is 0. The fourth-order valence-corrected chi connectivity index (χ4v) is 4.53. The van der Waals surface area contributed by atoms with E-state index in [4.69, 9.17) is 9.15 Å². The minimum absolute atomic E-state index is 0.116. The number of imide groups is 1. The summed E-state index contributed by atoms with van der Waals surface area (Å²) in [4.78, 5) is 50.8. The average Bonchev–Trinajstić information content (AvgIpc) is 3.39. The first-order valence-electron chi connectivity index (χ1n) is 10.3. The number of hydrogen-bond acceptors (Lipinski definition) is 8. The largest absolute Gasteiger partial charge is 0.496 e. The Morgan fingerprint density at radius 3 is 2.67 bits per heavy atom. The number of nitro benzene ring substituents is 1. The molecule has 2 aliphatic rings. The number of nitrogens with zero attached hydrogens (tertiary/aromatic N) is 3. The van der Waals surface area contributed by atoms with Crippen LogP contribution in [0.3, 0.4) is 0 Å². The summed E-state index contributed by atoms with van der Waals surface area (Å²) >= 11 is 0.751. The van der Waals surface area contributed by atoms with Crippen LogP contribution in [0.15, 0.2) is 39.7 Å². The fourth-order valence-electron chi connectivity index (χ4n) is 3.72. The quantitative estimate of drug-likeness (QED) is 0.353. The number of piperidine rings is 1. The zero-order valence-corrected chi connectivity index (χ0v) is 18.6. The molecule has 2 aromatic rings. The number of rotatable bonds is 6. The van der Waals surface area contributed by atoms with Gasteiger partial charge in [0.05, 0.1) is 28.6 Å². The van der Waals surface area contributed by atoms with E-state index in [0.717, 1.165) is 35.9 Å². The molecule has 1 aromatic heterocycles. The number of carbonyl (C=O) groups excluding carboxylic acids is 3. The lowest BCUT2D eigenvalue weighted by atomic mass is 10.1. The number of thioether (sulfide) groups is 1. The third-order valence-electron chi connectivity index (χ3n) is 5.44. The molecule has 0 atom stereocenters. The van der Waals surface area contributed by atoms with Gasteiger partial charge < -0.3 is 14.1 Å². The zero-order chi connectivity index (χ0) is 23.5. The third kappa shape index (κ3) is 4.77. The van der Waals surface area contributed by atoms with Crippen molar-refractivity contribution in [2.24, 2.45) is 0 Å². The molecule has 0 N–H and O–H groups in total. The Morgan fingerprint density at radius 1 is 1.21 bits per heavy atom. The lowest BCUT2D eigenvalue weighted by Gasteiger charge is -2.27. The topological polar surface area (TPSA) is 123 Å². The van der Waals surface area contributed by atoms with Crippen molar-refractivity contribution < 1.29 is 28.5 Å². The Hall–Kier alpha value is -3.60. The summed E-state index contributed by atoms with van der Waals surface area (Å²) in [5.41, 5.74) is 0.387. The molecule has 0 bridgehead atoms. The number of methoxy groups -OCH3 is 1. The van der Waals surface area contributed by atoms with Gasteiger partial charge in [0.25, 0.3) is 16.8 Å². The number of non-ortho nitro benzene ring substituents is 1. The number of nitro groups is 1. The normalized spacial score (nSPS) is 17.7. The van der Waals surface area contributed by atoms with Gasteiger partial charge in [0.2, 0.25) is 5.91 Å². The Labute approximate surface area is 193 Å². The molecule has 10 nitrogen and oxygen atoms in total. The van der Waals surface area contributed by atoms with Crippen LogP contribution >= 0.6 is 11.8 Å². The first-order valence-corrected chi connectivity index (χ1v) is 11.1. The van der Waals surface area contributed by atoms with Gasteiger partial charge in [0.1, 0.15) is 23.8 Å². The van der Waals surface area contributed by atoms with E-state index in [2.05, 4.69) is 0 Å². The molecular weight excluding hydrogens is 450 g/mol. The summed E-state index contributed by atoms with van der Waals surface area (Å²) in [6, 6.07) is 7.40. The number of furan rings is 1. The van der Waals surface area contributed by atoms with Crippen LogP contribution in [-0.2, 0) is 9.59 Å². The second-order valence-corrected chi connectivity index (χ2v) is 8.55. The van der Waals surface area contributed by atoms with Gasteiger partial charge in [0, 0.05) is 25.2 Å². The van der Waals surface area contributed by atoms with E-state index >= 15 is 0 Å². The third-order valence-corrected chi connectivity index (χ3v) is 6.34. The molecule has 2 fully saturated rings. The Bertz CT molecular complexity index is 1150. The summed E-state index contributed by atoms with van der Waals surface area (Å²) in [5.74, 6) is 0.192. The highest BCUT2D eigenvalue weighted by Gasteiger charge is 2.37. The van der Waals surface area contributed by atoms with Gasteiger partial charge in [-0.3, -0.25) is 29.4 Å². The van der Waals surface area contributed by atoms with Crippen LogP contribution in [0, 0.1) is 10.1 Å². The van der Waals surface area contributed by atoms with Gasteiger partial charge in [-0.15, -0.1) is 0 Å². The van der Waals surface area contributed by atoms with E-state index in [0.29, 0.717) is 30.2 Å². The Balaban J connectivity index is 1.50. The summed E-state index contributed by atoms with van der Waals surface area (Å²) in [6.07, 6.45) is 4.37. The van der Waals surface area contributed by atoms with Crippen molar-refractivity contribution in [3.8, 4) is 17.1 Å². The van der Waals surface area contributed by atoms with Gasteiger partial charge >= 0.3 is 0 Å². The maximum Gasteiger partial charge on any atom is 0.294 e. The van der Waals surface area contributed by atoms with Crippen molar-refractivity contribution >= 4 is 40.6 Å². The Morgan fingerprint density at radius 2 is 1.97 bits per heavy atom. The molecule has 1 aromatic carbocycles. The van der Waals surface area contributed by atoms with Crippen LogP contribution in [0.25, 0.3) is 17.4 Å². The van der Waals surface area contributed by atoms with Crippen molar-refractivity contribution in [2.75, 3.05) is 26.7 Å². The molecule has 11 heteroatoms. The maximum atomic E-state index is 12.7. The predicted octanol–water partition coefficient (Wildman–Crippen LogP) is 3.91. The predicted molar refractivity (Wildman–Crippen MR) is 120 cm³/mol. The zero-order valence-electron chi connectivity index (χ0n) is 17.8. The van der Waals surface area contributed by atoms with E-state index in [-0.39, 0.29) is 28.8 Å². The molecule has 2 saturated heterocycles. The van der Waals surface area contributed by atoms with Crippen LogP contribution in [-0.4, -0.2) is 58.5 Å². The van der Waals surface area contributed by atoms with Crippen LogP contribution in [0.5, 0.6) is 5.75 Å². The van der Waals surface area contributed by atoms with Gasteiger partial charge in [-0.25, -0.2) is 0 Å². The smallest absolute Gasteiger partial charge is 0.294 e. The van der Waals surface area contributed by atoms with Crippen LogP contribution in [0.2, 0.25) is 0 Å². The van der Waals surface area contributed by atoms with Crippen molar-refractivity contribution in [1.29, 1.82) is 0 Å². The molecule has 4 rings (SSSR count). The molecule has 0 radical (unpaired) electrons. The first-order chi connectivity index (χ1) is 15.9. The van der Waals surface area contributed by atoms with Crippen molar-refractivity contribution in [1.82, 2.24) is 9.80 Å². The van der Waals surface area contributed by atoms with E-state index in [1.54, 1.807) is 17.0 Å². The summed E-state index contributed by atoms with van der Waals surface area (Å²) in [7, 11) is 1.40. The van der Waals surface area contributed by atoms with Crippen LogP contribution in [0.4, 0.5) is 10.5 Å². The van der Waals surface area contributed by atoms with E-state index < -0.39 is 16.1 Å². The number of amides is 3. The highest BCUT2D eigenvalue weighted by atomic mass is 32.2. The molecule has 0 aliphatic carbocycles. The minimum Gasteiger partial charge on any atom is -0.496 e. The minimum atomic E-state index is -0.541. The van der Waals surface area contributed by atoms with Gasteiger partial charge in [-0.05, 0) is 49.2 Å². The van der Waals surface area contributed by atoms with Crippen molar-refractivity contribution in [2.45, 2.75) is 19.3 Å². The van der Waals surface area contributed by atoms with E-state index in [1.165, 1.54) is 31.4 Å². The monoisotopic (exact) mass is 471 g/mol. The molecule has 0 spiro atoms. The molecule has 3 amide bonds. The summed E-state index contributed by atoms with van der Waals surface area (Å²) in [5, 5.41) is 10.5. The highest BCUT2D eigenvalue weighted by molar-refractivity contribution is 8.18. The van der Waals surface area contributed by atoms with Gasteiger partial charge in [-0.2, -0.15) is 0 Å². The Kier molecular flexibility index (Phi) is 6.50. The van der Waals surface area contributed by atoms with Crippen molar-refractivity contribution in [3.05, 3.63) is 51.1 Å². The molecular formula is C22H21N3O7S. The molecule has 2 aliphatic heterocycles. The lowest BCUT2D eigenvalue weighted by molar-refractivity contribution is -0.384. The van der Waals surface area contributed by atoms with Crippen LogP contribution < -0.4 is 4.74 Å². The highest BCUT2D eigenvalue weighted by Crippen LogP contribution is 2.36. The van der Waals surface area contributed by atoms with E-state index in [9.17, 15) is 24.5 Å². The SMILES string of the molecule is COc1cc([N+](=O)[O-])ccc1-c1ccc(/C=C2\SC(=O)N(CC(=O)N3CCCCC3)C2=O)o1. The average molecular weight is 471 g/mol. The summed E-state index contributed by atoms with van der Waals surface area (Å²) in [6.45, 7) is 1.02. The molecule has 0 unspecified atom stereocenters. The van der Waals surface area contributed by atoms with Crippen molar-refractivity contribution in [3.63, 3.8) is 0 Å².